The average molecular weight is 231 g/mol. The summed E-state index contributed by atoms with van der Waals surface area (Å²) >= 11 is 5.78. The SMILES string of the molecule is N#Cc1c(Oc2ccccc2)ccnc1Cl. The number of pyridine rings is 1. The molecule has 3 nitrogen and oxygen atoms in total. The van der Waals surface area contributed by atoms with Gasteiger partial charge in [-0.3, -0.25) is 0 Å². The molecule has 0 aliphatic rings. The highest BCUT2D eigenvalue weighted by atomic mass is 35.5. The Labute approximate surface area is 97.9 Å². The van der Waals surface area contributed by atoms with Crippen LogP contribution in [0.2, 0.25) is 5.15 Å². The maximum Gasteiger partial charge on any atom is 0.150 e. The highest BCUT2D eigenvalue weighted by molar-refractivity contribution is 6.30. The third-order valence-electron chi connectivity index (χ3n) is 1.95. The van der Waals surface area contributed by atoms with E-state index in [9.17, 15) is 0 Å². The van der Waals surface area contributed by atoms with Crippen molar-refractivity contribution in [3.8, 4) is 17.6 Å². The molecule has 0 atom stereocenters. The maximum absolute atomic E-state index is 8.92. The number of para-hydroxylation sites is 1. The Hall–Kier alpha value is -2.05. The third-order valence-corrected chi connectivity index (χ3v) is 2.24. The predicted octanol–water partition coefficient (Wildman–Crippen LogP) is 3.40. The van der Waals surface area contributed by atoms with E-state index in [0.717, 1.165) is 0 Å². The fourth-order valence-corrected chi connectivity index (χ4v) is 1.41. The summed E-state index contributed by atoms with van der Waals surface area (Å²) in [5.74, 6) is 1.06. The first-order valence-electron chi connectivity index (χ1n) is 4.59. The van der Waals surface area contributed by atoms with Crippen molar-refractivity contribution in [3.63, 3.8) is 0 Å². The Morgan fingerprint density at radius 2 is 1.94 bits per heavy atom. The van der Waals surface area contributed by atoms with Crippen LogP contribution in [0.3, 0.4) is 0 Å². The van der Waals surface area contributed by atoms with Gasteiger partial charge in [0.1, 0.15) is 23.1 Å². The topological polar surface area (TPSA) is 45.9 Å². The van der Waals surface area contributed by atoms with Crippen molar-refractivity contribution in [2.75, 3.05) is 0 Å². The average Bonchev–Trinajstić information content (AvgIpc) is 2.31. The number of rotatable bonds is 2. The zero-order valence-electron chi connectivity index (χ0n) is 8.22. The second-order valence-corrected chi connectivity index (χ2v) is 3.36. The fourth-order valence-electron chi connectivity index (χ4n) is 1.22. The summed E-state index contributed by atoms with van der Waals surface area (Å²) in [7, 11) is 0. The van der Waals surface area contributed by atoms with E-state index in [-0.39, 0.29) is 10.7 Å². The van der Waals surface area contributed by atoms with Crippen molar-refractivity contribution < 1.29 is 4.74 Å². The van der Waals surface area contributed by atoms with Crippen LogP contribution < -0.4 is 4.74 Å². The van der Waals surface area contributed by atoms with Gasteiger partial charge in [-0.2, -0.15) is 5.26 Å². The highest BCUT2D eigenvalue weighted by Crippen LogP contribution is 2.27. The van der Waals surface area contributed by atoms with E-state index < -0.39 is 0 Å². The largest absolute Gasteiger partial charge is 0.456 e. The molecule has 2 rings (SSSR count). The van der Waals surface area contributed by atoms with Crippen LogP contribution in [-0.4, -0.2) is 4.98 Å². The number of benzene rings is 1. The quantitative estimate of drug-likeness (QED) is 0.743. The molecule has 0 fully saturated rings. The molecule has 0 saturated carbocycles. The minimum absolute atomic E-state index is 0.149. The number of nitriles is 1. The molecule has 0 bridgehead atoms. The number of hydrogen-bond donors (Lipinski definition) is 0. The number of halogens is 1. The Kier molecular flexibility index (Phi) is 3.04. The lowest BCUT2D eigenvalue weighted by Gasteiger charge is -2.06. The van der Waals surface area contributed by atoms with Gasteiger partial charge >= 0.3 is 0 Å². The van der Waals surface area contributed by atoms with Crippen molar-refractivity contribution in [2.24, 2.45) is 0 Å². The normalized spacial score (nSPS) is 9.50. The summed E-state index contributed by atoms with van der Waals surface area (Å²) in [5, 5.41) is 9.07. The smallest absolute Gasteiger partial charge is 0.150 e. The molecule has 1 heterocycles. The second kappa shape index (κ2) is 4.65. The number of nitrogens with zero attached hydrogens (tertiary/aromatic N) is 2. The van der Waals surface area contributed by atoms with Crippen LogP contribution in [0.4, 0.5) is 0 Å². The summed E-state index contributed by atoms with van der Waals surface area (Å²) < 4.78 is 5.53. The molecule has 78 valence electrons. The van der Waals surface area contributed by atoms with Crippen molar-refractivity contribution in [3.05, 3.63) is 53.3 Å². The molecule has 0 spiro atoms. The van der Waals surface area contributed by atoms with E-state index in [2.05, 4.69) is 4.98 Å². The van der Waals surface area contributed by atoms with Crippen molar-refractivity contribution in [2.45, 2.75) is 0 Å². The Bertz CT molecular complexity index is 534. The summed E-state index contributed by atoms with van der Waals surface area (Å²) in [6.07, 6.45) is 1.50. The van der Waals surface area contributed by atoms with Crippen molar-refractivity contribution >= 4 is 11.6 Å². The third kappa shape index (κ3) is 2.13. The van der Waals surface area contributed by atoms with E-state index in [1.165, 1.54) is 6.20 Å². The molecule has 0 amide bonds. The first-order chi connectivity index (χ1) is 7.81. The highest BCUT2D eigenvalue weighted by Gasteiger charge is 2.09. The van der Waals surface area contributed by atoms with Gasteiger partial charge in [0.25, 0.3) is 0 Å². The van der Waals surface area contributed by atoms with Gasteiger partial charge in [0.15, 0.2) is 5.15 Å². The predicted molar refractivity (Wildman–Crippen MR) is 60.5 cm³/mol. The Morgan fingerprint density at radius 3 is 2.62 bits per heavy atom. The summed E-state index contributed by atoms with van der Waals surface area (Å²) in [5.41, 5.74) is 0.244. The second-order valence-electron chi connectivity index (χ2n) is 3.00. The maximum atomic E-state index is 8.92. The Morgan fingerprint density at radius 1 is 1.19 bits per heavy atom. The van der Waals surface area contributed by atoms with Gasteiger partial charge in [0.2, 0.25) is 0 Å². The van der Waals surface area contributed by atoms with Crippen LogP contribution in [0.1, 0.15) is 5.56 Å². The molecule has 1 aromatic heterocycles. The molecule has 0 aliphatic heterocycles. The van der Waals surface area contributed by atoms with Gasteiger partial charge in [0.05, 0.1) is 0 Å². The molecule has 0 aliphatic carbocycles. The molecule has 0 unspecified atom stereocenters. The minimum atomic E-state index is 0.149. The summed E-state index contributed by atoms with van der Waals surface area (Å²) in [4.78, 5) is 3.82. The van der Waals surface area contributed by atoms with E-state index in [1.54, 1.807) is 18.2 Å². The van der Waals surface area contributed by atoms with Gasteiger partial charge in [-0.25, -0.2) is 4.98 Å². The molecular weight excluding hydrogens is 224 g/mol. The van der Waals surface area contributed by atoms with E-state index in [1.807, 2.05) is 24.3 Å². The van der Waals surface area contributed by atoms with E-state index in [0.29, 0.717) is 11.5 Å². The van der Waals surface area contributed by atoms with Crippen molar-refractivity contribution in [1.29, 1.82) is 5.26 Å². The fraction of sp³-hybridized carbons (Fsp3) is 0. The lowest BCUT2D eigenvalue weighted by molar-refractivity contribution is 0.480. The first kappa shape index (κ1) is 10.5. The van der Waals surface area contributed by atoms with Crippen LogP contribution in [0, 0.1) is 11.3 Å². The van der Waals surface area contributed by atoms with Crippen LogP contribution in [-0.2, 0) is 0 Å². The van der Waals surface area contributed by atoms with Gasteiger partial charge in [-0.15, -0.1) is 0 Å². The van der Waals surface area contributed by atoms with E-state index >= 15 is 0 Å². The minimum Gasteiger partial charge on any atom is -0.456 e. The lowest BCUT2D eigenvalue weighted by atomic mass is 10.3. The zero-order chi connectivity index (χ0) is 11.4. The van der Waals surface area contributed by atoms with Gasteiger partial charge in [-0.05, 0) is 12.1 Å². The molecule has 16 heavy (non-hydrogen) atoms. The molecule has 0 radical (unpaired) electrons. The molecule has 2 aromatic rings. The Balaban J connectivity index is 2.36. The molecular formula is C12H7ClN2O. The lowest BCUT2D eigenvalue weighted by Crippen LogP contribution is -1.90. The van der Waals surface area contributed by atoms with Gasteiger partial charge in [0, 0.05) is 12.3 Å². The van der Waals surface area contributed by atoms with Crippen LogP contribution >= 0.6 is 11.6 Å². The molecule has 0 saturated heterocycles. The number of ether oxygens (including phenoxy) is 1. The van der Waals surface area contributed by atoms with Gasteiger partial charge in [-0.1, -0.05) is 29.8 Å². The van der Waals surface area contributed by atoms with Crippen LogP contribution in [0.5, 0.6) is 11.5 Å². The summed E-state index contributed by atoms with van der Waals surface area (Å²) in [6, 6.07) is 12.8. The van der Waals surface area contributed by atoms with Gasteiger partial charge < -0.3 is 4.74 Å². The first-order valence-corrected chi connectivity index (χ1v) is 4.96. The van der Waals surface area contributed by atoms with Crippen LogP contribution in [0.15, 0.2) is 42.6 Å². The standard InChI is InChI=1S/C12H7ClN2O/c13-12-10(8-14)11(6-7-15-12)16-9-4-2-1-3-5-9/h1-7H. The molecule has 4 heteroatoms. The van der Waals surface area contributed by atoms with Crippen LogP contribution in [0.25, 0.3) is 0 Å². The summed E-state index contributed by atoms with van der Waals surface area (Å²) in [6.45, 7) is 0. The molecule has 1 aromatic carbocycles. The zero-order valence-corrected chi connectivity index (χ0v) is 8.98. The van der Waals surface area contributed by atoms with E-state index in [4.69, 9.17) is 21.6 Å². The number of aromatic nitrogens is 1. The number of hydrogen-bond acceptors (Lipinski definition) is 3. The van der Waals surface area contributed by atoms with Crippen molar-refractivity contribution in [1.82, 2.24) is 4.98 Å². The monoisotopic (exact) mass is 230 g/mol. The molecule has 0 N–H and O–H groups in total.